The fraction of sp³-hybridized carbons (Fsp3) is 0.214. The predicted molar refractivity (Wildman–Crippen MR) is 76.0 cm³/mol. The molecule has 0 saturated heterocycles. The predicted octanol–water partition coefficient (Wildman–Crippen LogP) is 1.54. The molecule has 20 heavy (non-hydrogen) atoms. The third-order valence-corrected chi connectivity index (χ3v) is 4.04. The summed E-state index contributed by atoms with van der Waals surface area (Å²) in [5.41, 5.74) is 2.47. The number of aromatic nitrogens is 1. The molecular weight excluding hydrogens is 280 g/mol. The number of pyridine rings is 1. The molecule has 0 spiro atoms. The van der Waals surface area contributed by atoms with Crippen LogP contribution in [0.3, 0.4) is 0 Å². The van der Waals surface area contributed by atoms with Crippen molar-refractivity contribution in [2.75, 3.05) is 0 Å². The largest absolute Gasteiger partial charge is 0.510 e. The molecule has 0 amide bonds. The molecule has 0 aliphatic heterocycles. The number of aliphatic hydroxyl groups is 1. The van der Waals surface area contributed by atoms with Gasteiger partial charge in [0.15, 0.2) is 0 Å². The Morgan fingerprint density at radius 1 is 1.45 bits per heavy atom. The highest BCUT2D eigenvalue weighted by Crippen LogP contribution is 2.24. The molecule has 0 aromatic carbocycles. The van der Waals surface area contributed by atoms with Gasteiger partial charge in [0, 0.05) is 17.7 Å². The number of nitrogens with zero attached hydrogens (tertiary/aromatic N) is 2. The Kier molecular flexibility index (Phi) is 2.87. The van der Waals surface area contributed by atoms with Gasteiger partial charge in [-0.15, -0.1) is 0 Å². The first-order chi connectivity index (χ1) is 9.49. The van der Waals surface area contributed by atoms with E-state index in [4.69, 9.17) is 11.6 Å². The van der Waals surface area contributed by atoms with Crippen LogP contribution in [0.2, 0.25) is 0 Å². The molecular formula is C14H11ClN2O3. The summed E-state index contributed by atoms with van der Waals surface area (Å²) in [5, 5.41) is 22.4. The van der Waals surface area contributed by atoms with Gasteiger partial charge in [-0.25, -0.2) is 4.98 Å². The highest BCUT2D eigenvalue weighted by molar-refractivity contribution is 6.49. The van der Waals surface area contributed by atoms with Gasteiger partial charge in [0.1, 0.15) is 10.8 Å². The standard InChI is InChI=1S/C14H11ClN2O3/c1-7-9-3-5-12(18)13(15)14(9)16-11-4-2-8(17(19)20)6-10(7)11/h2-4,18H,5-6H2,1H3. The van der Waals surface area contributed by atoms with Gasteiger partial charge in [-0.3, -0.25) is 10.1 Å². The number of fused-ring (bicyclic) bond motifs is 2. The van der Waals surface area contributed by atoms with Crippen molar-refractivity contribution in [3.63, 3.8) is 0 Å². The van der Waals surface area contributed by atoms with Gasteiger partial charge in [0.05, 0.1) is 22.4 Å². The first-order valence-corrected chi connectivity index (χ1v) is 6.49. The van der Waals surface area contributed by atoms with Crippen molar-refractivity contribution in [3.8, 4) is 0 Å². The molecule has 0 fully saturated rings. The Hall–Kier alpha value is -2.14. The van der Waals surface area contributed by atoms with Crippen LogP contribution >= 0.6 is 11.6 Å². The zero-order chi connectivity index (χ0) is 14.4. The van der Waals surface area contributed by atoms with Gasteiger partial charge >= 0.3 is 0 Å². The van der Waals surface area contributed by atoms with E-state index in [1.165, 1.54) is 6.08 Å². The molecule has 5 nitrogen and oxygen atoms in total. The molecule has 1 N–H and O–H groups in total. The van der Waals surface area contributed by atoms with Crippen LogP contribution < -0.4 is 10.6 Å². The molecule has 0 atom stereocenters. The van der Waals surface area contributed by atoms with Gasteiger partial charge < -0.3 is 5.11 Å². The lowest BCUT2D eigenvalue weighted by Crippen LogP contribution is -2.31. The van der Waals surface area contributed by atoms with Crippen LogP contribution in [0.25, 0.3) is 17.2 Å². The monoisotopic (exact) mass is 290 g/mol. The van der Waals surface area contributed by atoms with Crippen molar-refractivity contribution in [3.05, 3.63) is 55.0 Å². The maximum atomic E-state index is 10.9. The van der Waals surface area contributed by atoms with E-state index in [1.54, 1.807) is 6.08 Å². The van der Waals surface area contributed by atoms with Crippen LogP contribution in [0.5, 0.6) is 0 Å². The average Bonchev–Trinajstić information content (AvgIpc) is 2.43. The quantitative estimate of drug-likeness (QED) is 0.629. The lowest BCUT2D eigenvalue weighted by atomic mass is 9.96. The zero-order valence-corrected chi connectivity index (χ0v) is 11.4. The second-order valence-corrected chi connectivity index (χ2v) is 5.17. The van der Waals surface area contributed by atoms with E-state index >= 15 is 0 Å². The fourth-order valence-corrected chi connectivity index (χ4v) is 2.75. The van der Waals surface area contributed by atoms with Crippen LogP contribution in [0.4, 0.5) is 0 Å². The molecule has 6 heteroatoms. The second-order valence-electron chi connectivity index (χ2n) is 4.79. The Labute approximate surface area is 119 Å². The Bertz CT molecular complexity index is 822. The first kappa shape index (κ1) is 12.9. The maximum absolute atomic E-state index is 10.9. The molecule has 102 valence electrons. The number of rotatable bonds is 1. The van der Waals surface area contributed by atoms with E-state index in [2.05, 4.69) is 4.98 Å². The molecule has 2 aliphatic rings. The van der Waals surface area contributed by atoms with Gasteiger partial charge in [-0.05, 0) is 24.1 Å². The normalized spacial score (nSPS) is 16.6. The highest BCUT2D eigenvalue weighted by atomic mass is 35.5. The number of halogens is 1. The van der Waals surface area contributed by atoms with Crippen molar-refractivity contribution in [2.45, 2.75) is 19.8 Å². The van der Waals surface area contributed by atoms with Gasteiger partial charge in [0.25, 0.3) is 5.70 Å². The average molecular weight is 291 g/mol. The summed E-state index contributed by atoms with van der Waals surface area (Å²) in [4.78, 5) is 14.9. The molecule has 0 saturated carbocycles. The lowest BCUT2D eigenvalue weighted by Gasteiger charge is -2.15. The van der Waals surface area contributed by atoms with Crippen LogP contribution in [0.1, 0.15) is 23.2 Å². The topological polar surface area (TPSA) is 76.3 Å². The second kappa shape index (κ2) is 4.45. The first-order valence-electron chi connectivity index (χ1n) is 6.12. The Balaban J connectivity index is 2.30. The molecule has 1 aromatic heterocycles. The van der Waals surface area contributed by atoms with Crippen molar-refractivity contribution < 1.29 is 10.0 Å². The Morgan fingerprint density at radius 2 is 2.20 bits per heavy atom. The molecule has 0 bridgehead atoms. The summed E-state index contributed by atoms with van der Waals surface area (Å²) in [6.45, 7) is 1.90. The summed E-state index contributed by atoms with van der Waals surface area (Å²) in [6, 6.07) is 0. The minimum Gasteiger partial charge on any atom is -0.510 e. The van der Waals surface area contributed by atoms with Crippen LogP contribution in [-0.2, 0) is 6.42 Å². The van der Waals surface area contributed by atoms with Crippen LogP contribution in [0, 0.1) is 17.0 Å². The van der Waals surface area contributed by atoms with Gasteiger partial charge in [0.2, 0.25) is 0 Å². The number of allylic oxidation sites excluding steroid dienone is 3. The maximum Gasteiger partial charge on any atom is 0.250 e. The summed E-state index contributed by atoms with van der Waals surface area (Å²) < 4.78 is 0. The molecule has 2 aliphatic carbocycles. The van der Waals surface area contributed by atoms with E-state index in [0.717, 1.165) is 16.3 Å². The zero-order valence-electron chi connectivity index (χ0n) is 10.7. The summed E-state index contributed by atoms with van der Waals surface area (Å²) in [6.07, 6.45) is 5.55. The fourth-order valence-electron chi connectivity index (χ4n) is 2.52. The highest BCUT2D eigenvalue weighted by Gasteiger charge is 2.22. The van der Waals surface area contributed by atoms with Gasteiger partial charge in [-0.2, -0.15) is 0 Å². The van der Waals surface area contributed by atoms with Crippen LogP contribution in [-0.4, -0.2) is 15.0 Å². The number of aliphatic hydroxyl groups excluding tert-OH is 1. The van der Waals surface area contributed by atoms with E-state index in [1.807, 2.05) is 13.0 Å². The molecule has 0 unspecified atom stereocenters. The number of hydrogen-bond acceptors (Lipinski definition) is 4. The molecule has 1 aromatic rings. The minimum atomic E-state index is -0.374. The van der Waals surface area contributed by atoms with Crippen molar-refractivity contribution in [1.29, 1.82) is 0 Å². The molecule has 3 rings (SSSR count). The number of hydrogen-bond donors (Lipinski definition) is 1. The third kappa shape index (κ3) is 1.82. The molecule has 1 heterocycles. The van der Waals surface area contributed by atoms with E-state index in [9.17, 15) is 15.2 Å². The van der Waals surface area contributed by atoms with Crippen molar-refractivity contribution in [1.82, 2.24) is 4.98 Å². The number of nitro groups is 1. The summed E-state index contributed by atoms with van der Waals surface area (Å²) in [5.74, 6) is 0.100. The molecule has 0 radical (unpaired) electrons. The third-order valence-electron chi connectivity index (χ3n) is 3.64. The van der Waals surface area contributed by atoms with E-state index < -0.39 is 0 Å². The van der Waals surface area contributed by atoms with E-state index in [-0.39, 0.29) is 27.8 Å². The SMILES string of the molecule is Cc1c2c(nc3c1=CCC(O)=C3Cl)=CC=C([N+](=O)[O-])C2. The van der Waals surface area contributed by atoms with Crippen molar-refractivity contribution >= 4 is 28.8 Å². The Morgan fingerprint density at radius 3 is 2.90 bits per heavy atom. The van der Waals surface area contributed by atoms with Gasteiger partial charge in [-0.1, -0.05) is 17.7 Å². The van der Waals surface area contributed by atoms with Crippen molar-refractivity contribution in [2.24, 2.45) is 0 Å². The summed E-state index contributed by atoms with van der Waals surface area (Å²) >= 11 is 6.10. The summed E-state index contributed by atoms with van der Waals surface area (Å²) in [7, 11) is 0. The minimum absolute atomic E-state index is 0.100. The van der Waals surface area contributed by atoms with E-state index in [0.29, 0.717) is 17.5 Å². The smallest absolute Gasteiger partial charge is 0.250 e. The lowest BCUT2D eigenvalue weighted by molar-refractivity contribution is -0.427. The van der Waals surface area contributed by atoms with Crippen LogP contribution in [0.15, 0.2) is 17.5 Å².